The van der Waals surface area contributed by atoms with Crippen molar-refractivity contribution in [3.8, 4) is 11.8 Å². The van der Waals surface area contributed by atoms with Gasteiger partial charge in [-0.2, -0.15) is 0 Å². The lowest BCUT2D eigenvalue weighted by Gasteiger charge is -2.09. The van der Waals surface area contributed by atoms with Crippen molar-refractivity contribution in [2.24, 2.45) is 0 Å². The van der Waals surface area contributed by atoms with Gasteiger partial charge < -0.3 is 10.1 Å². The van der Waals surface area contributed by atoms with Gasteiger partial charge in [-0.05, 0) is 44.2 Å². The van der Waals surface area contributed by atoms with Crippen LogP contribution in [0, 0.1) is 13.8 Å². The number of hydrogen-bond donors (Lipinski definition) is 1. The average molecular weight is 343 g/mol. The smallest absolute Gasteiger partial charge is 0.322 e. The van der Waals surface area contributed by atoms with E-state index in [-0.39, 0.29) is 0 Å². The molecular weight excluding hydrogens is 326 g/mol. The Labute approximate surface area is 150 Å². The van der Waals surface area contributed by atoms with Gasteiger partial charge in [0.05, 0.1) is 17.2 Å². The van der Waals surface area contributed by atoms with E-state index in [9.17, 15) is 0 Å². The normalized spacial score (nSPS) is 10.7. The second kappa shape index (κ2) is 6.76. The van der Waals surface area contributed by atoms with E-state index in [1.54, 1.807) is 6.20 Å². The van der Waals surface area contributed by atoms with Crippen LogP contribution in [0.25, 0.3) is 11.0 Å². The third-order valence-corrected chi connectivity index (χ3v) is 3.73. The summed E-state index contributed by atoms with van der Waals surface area (Å²) in [6.07, 6.45) is 1.71. The minimum atomic E-state index is 0.338. The molecule has 0 atom stereocenters. The molecule has 26 heavy (non-hydrogen) atoms. The number of anilines is 2. The summed E-state index contributed by atoms with van der Waals surface area (Å²) >= 11 is 0. The maximum Gasteiger partial charge on any atom is 0.322 e. The van der Waals surface area contributed by atoms with E-state index in [1.807, 2.05) is 68.4 Å². The Morgan fingerprint density at radius 3 is 2.38 bits per heavy atom. The van der Waals surface area contributed by atoms with Gasteiger partial charge in [0.2, 0.25) is 0 Å². The van der Waals surface area contributed by atoms with Gasteiger partial charge in [0.25, 0.3) is 0 Å². The molecule has 0 spiro atoms. The average Bonchev–Trinajstić information content (AvgIpc) is 2.61. The number of para-hydroxylation sites is 2. The van der Waals surface area contributed by atoms with Crippen LogP contribution in [0.1, 0.15) is 11.4 Å². The number of rotatable bonds is 4. The predicted molar refractivity (Wildman–Crippen MR) is 101 cm³/mol. The summed E-state index contributed by atoms with van der Waals surface area (Å²) in [5, 5.41) is 3.25. The topological polar surface area (TPSA) is 72.8 Å². The Morgan fingerprint density at radius 2 is 1.58 bits per heavy atom. The molecule has 0 saturated carbocycles. The van der Waals surface area contributed by atoms with Crippen molar-refractivity contribution < 1.29 is 4.74 Å². The Balaban J connectivity index is 1.56. The first-order valence-electron chi connectivity index (χ1n) is 8.25. The third kappa shape index (κ3) is 3.59. The van der Waals surface area contributed by atoms with Gasteiger partial charge in [0, 0.05) is 23.1 Å². The van der Waals surface area contributed by atoms with E-state index in [1.165, 1.54) is 0 Å². The quantitative estimate of drug-likeness (QED) is 0.585. The van der Waals surface area contributed by atoms with Gasteiger partial charge in [-0.1, -0.05) is 18.2 Å². The van der Waals surface area contributed by atoms with Crippen LogP contribution in [-0.4, -0.2) is 19.9 Å². The summed E-state index contributed by atoms with van der Waals surface area (Å²) in [5.74, 6) is 1.32. The van der Waals surface area contributed by atoms with Crippen LogP contribution < -0.4 is 10.1 Å². The van der Waals surface area contributed by atoms with Crippen LogP contribution >= 0.6 is 0 Å². The van der Waals surface area contributed by atoms with Gasteiger partial charge in [0.1, 0.15) is 11.6 Å². The molecule has 1 N–H and O–H groups in total. The Bertz CT molecular complexity index is 1060. The van der Waals surface area contributed by atoms with Gasteiger partial charge in [-0.15, -0.1) is 0 Å². The number of fused-ring (bicyclic) bond motifs is 1. The molecule has 0 aliphatic heterocycles. The van der Waals surface area contributed by atoms with Crippen molar-refractivity contribution in [1.82, 2.24) is 19.9 Å². The Morgan fingerprint density at radius 1 is 0.808 bits per heavy atom. The van der Waals surface area contributed by atoms with Crippen molar-refractivity contribution in [2.75, 3.05) is 5.32 Å². The number of hydrogen-bond acceptors (Lipinski definition) is 6. The molecule has 0 aliphatic rings. The molecule has 4 rings (SSSR count). The first kappa shape index (κ1) is 16.0. The monoisotopic (exact) mass is 343 g/mol. The van der Waals surface area contributed by atoms with Gasteiger partial charge in [-0.25, -0.2) is 15.0 Å². The lowest BCUT2D eigenvalue weighted by molar-refractivity contribution is 0.439. The molecule has 0 amide bonds. The summed E-state index contributed by atoms with van der Waals surface area (Å²) in [5.41, 5.74) is 4.29. The molecule has 6 heteroatoms. The number of aromatic nitrogens is 4. The van der Waals surface area contributed by atoms with Gasteiger partial charge in [0.15, 0.2) is 0 Å². The standard InChI is InChI=1S/C20H17N5O/c1-13-10-14(2)23-20(22-13)26-16-7-5-6-15(11-16)24-19-12-21-17-8-3-4-9-18(17)25-19/h3-12H,1-2H3,(H,24,25). The SMILES string of the molecule is Cc1cc(C)nc(Oc2cccc(Nc3cnc4ccccc4n3)c2)n1. The molecule has 4 aromatic rings. The minimum Gasteiger partial charge on any atom is -0.424 e. The highest BCUT2D eigenvalue weighted by molar-refractivity contribution is 5.76. The first-order valence-corrected chi connectivity index (χ1v) is 8.25. The van der Waals surface area contributed by atoms with Crippen molar-refractivity contribution in [2.45, 2.75) is 13.8 Å². The summed E-state index contributed by atoms with van der Waals surface area (Å²) in [7, 11) is 0. The summed E-state index contributed by atoms with van der Waals surface area (Å²) in [6, 6.07) is 17.6. The van der Waals surface area contributed by atoms with E-state index in [0.717, 1.165) is 28.1 Å². The number of nitrogens with one attached hydrogen (secondary N) is 1. The number of ether oxygens (including phenoxy) is 1. The maximum absolute atomic E-state index is 5.79. The molecule has 0 unspecified atom stereocenters. The zero-order chi connectivity index (χ0) is 17.9. The van der Waals surface area contributed by atoms with Crippen molar-refractivity contribution in [3.63, 3.8) is 0 Å². The van der Waals surface area contributed by atoms with Crippen LogP contribution in [0.15, 0.2) is 60.8 Å². The molecule has 2 heterocycles. The number of nitrogens with zero attached hydrogens (tertiary/aromatic N) is 4. The van der Waals surface area contributed by atoms with E-state index in [2.05, 4.69) is 25.3 Å². The molecule has 0 saturated heterocycles. The summed E-state index contributed by atoms with van der Waals surface area (Å²) < 4.78 is 5.79. The molecule has 0 fully saturated rings. The van der Waals surface area contributed by atoms with E-state index >= 15 is 0 Å². The molecule has 0 radical (unpaired) electrons. The van der Waals surface area contributed by atoms with Gasteiger partial charge >= 0.3 is 6.01 Å². The Kier molecular flexibility index (Phi) is 4.15. The maximum atomic E-state index is 5.79. The molecule has 0 aliphatic carbocycles. The molecule has 128 valence electrons. The highest BCUT2D eigenvalue weighted by atomic mass is 16.5. The van der Waals surface area contributed by atoms with E-state index in [4.69, 9.17) is 4.74 Å². The lowest BCUT2D eigenvalue weighted by Crippen LogP contribution is -1.97. The van der Waals surface area contributed by atoms with Crippen molar-refractivity contribution in [1.29, 1.82) is 0 Å². The van der Waals surface area contributed by atoms with Crippen LogP contribution in [0.2, 0.25) is 0 Å². The van der Waals surface area contributed by atoms with Crippen LogP contribution in [0.3, 0.4) is 0 Å². The molecule has 0 bridgehead atoms. The number of aryl methyl sites for hydroxylation is 2. The molecular formula is C20H17N5O. The number of benzene rings is 2. The second-order valence-corrected chi connectivity index (χ2v) is 5.93. The fourth-order valence-corrected chi connectivity index (χ4v) is 2.65. The highest BCUT2D eigenvalue weighted by Gasteiger charge is 2.05. The van der Waals surface area contributed by atoms with Crippen molar-refractivity contribution in [3.05, 3.63) is 72.2 Å². The fourth-order valence-electron chi connectivity index (χ4n) is 2.65. The largest absolute Gasteiger partial charge is 0.424 e. The summed E-state index contributed by atoms with van der Waals surface area (Å²) in [6.45, 7) is 3.83. The lowest BCUT2D eigenvalue weighted by atomic mass is 10.3. The highest BCUT2D eigenvalue weighted by Crippen LogP contribution is 2.24. The zero-order valence-corrected chi connectivity index (χ0v) is 14.5. The molecule has 2 aromatic heterocycles. The zero-order valence-electron chi connectivity index (χ0n) is 14.5. The van der Waals surface area contributed by atoms with E-state index in [0.29, 0.717) is 17.6 Å². The third-order valence-electron chi connectivity index (χ3n) is 3.73. The van der Waals surface area contributed by atoms with Crippen LogP contribution in [0.5, 0.6) is 11.8 Å². The summed E-state index contributed by atoms with van der Waals surface area (Å²) in [4.78, 5) is 17.6. The van der Waals surface area contributed by atoms with Crippen LogP contribution in [0.4, 0.5) is 11.5 Å². The van der Waals surface area contributed by atoms with E-state index < -0.39 is 0 Å². The Hall–Kier alpha value is -3.54. The van der Waals surface area contributed by atoms with Crippen molar-refractivity contribution >= 4 is 22.5 Å². The van der Waals surface area contributed by atoms with Gasteiger partial charge in [-0.3, -0.25) is 4.98 Å². The van der Waals surface area contributed by atoms with Crippen LogP contribution in [-0.2, 0) is 0 Å². The fraction of sp³-hybridized carbons (Fsp3) is 0.100. The second-order valence-electron chi connectivity index (χ2n) is 5.93. The first-order chi connectivity index (χ1) is 12.7. The molecule has 6 nitrogen and oxygen atoms in total. The molecule has 2 aromatic carbocycles. The predicted octanol–water partition coefficient (Wildman–Crippen LogP) is 4.57. The minimum absolute atomic E-state index is 0.338.